The molecule has 0 aliphatic heterocycles. The lowest BCUT2D eigenvalue weighted by atomic mass is 10.0. The van der Waals surface area contributed by atoms with Gasteiger partial charge in [0, 0.05) is 17.7 Å². The molecule has 3 heteroatoms. The van der Waals surface area contributed by atoms with E-state index in [-0.39, 0.29) is 0 Å². The Balaban J connectivity index is 2.39. The van der Waals surface area contributed by atoms with Crippen LogP contribution >= 0.6 is 0 Å². The number of nitrogens with one attached hydrogen (secondary N) is 1. The third-order valence-corrected chi connectivity index (χ3v) is 3.56. The van der Waals surface area contributed by atoms with Crippen molar-refractivity contribution in [1.29, 1.82) is 0 Å². The van der Waals surface area contributed by atoms with Gasteiger partial charge in [-0.3, -0.25) is 0 Å². The van der Waals surface area contributed by atoms with Crippen molar-refractivity contribution < 1.29 is 0 Å². The zero-order chi connectivity index (χ0) is 15.1. The number of aryl methyl sites for hydroxylation is 1. The Kier molecular flexibility index (Phi) is 5.73. The topological polar surface area (TPSA) is 37.8 Å². The predicted octanol–water partition coefficient (Wildman–Crippen LogP) is 4.48. The second-order valence-corrected chi connectivity index (χ2v) is 5.28. The smallest absolute Gasteiger partial charge is 0.133 e. The van der Waals surface area contributed by atoms with E-state index in [1.807, 2.05) is 0 Å². The fraction of sp³-hybridized carbons (Fsp3) is 0.444. The molecule has 112 valence electrons. The van der Waals surface area contributed by atoms with E-state index in [4.69, 9.17) is 0 Å². The quantitative estimate of drug-likeness (QED) is 0.814. The number of hydrogen-bond acceptors (Lipinski definition) is 3. The van der Waals surface area contributed by atoms with E-state index in [2.05, 4.69) is 60.3 Å². The zero-order valence-electron chi connectivity index (χ0n) is 13.3. The van der Waals surface area contributed by atoms with Gasteiger partial charge in [0.2, 0.25) is 0 Å². The normalized spacial score (nSPS) is 10.6. The van der Waals surface area contributed by atoms with Gasteiger partial charge in [-0.25, -0.2) is 9.97 Å². The average Bonchev–Trinajstić information content (AvgIpc) is 2.51. The van der Waals surface area contributed by atoms with Crippen molar-refractivity contribution in [1.82, 2.24) is 9.97 Å². The van der Waals surface area contributed by atoms with E-state index in [9.17, 15) is 0 Å². The first-order chi connectivity index (χ1) is 10.3. The Bertz CT molecular complexity index is 561. The van der Waals surface area contributed by atoms with Crippen LogP contribution in [-0.4, -0.2) is 16.5 Å². The molecule has 2 rings (SSSR count). The molecule has 2 aromatic rings. The molecule has 1 N–H and O–H groups in total. The molecule has 1 heterocycles. The van der Waals surface area contributed by atoms with Crippen LogP contribution in [0.5, 0.6) is 0 Å². The maximum absolute atomic E-state index is 4.53. The summed E-state index contributed by atoms with van der Waals surface area (Å²) in [6.07, 6.45) is 6.06. The van der Waals surface area contributed by atoms with Gasteiger partial charge >= 0.3 is 0 Å². The SMILES string of the molecule is CCCc1ccc(-c2ncnc(NCC)c2CCC)cc1. The number of hydrogen-bond donors (Lipinski definition) is 1. The molecule has 0 aliphatic carbocycles. The maximum Gasteiger partial charge on any atom is 0.133 e. The van der Waals surface area contributed by atoms with E-state index in [0.717, 1.165) is 37.3 Å². The molecule has 0 aliphatic rings. The first-order valence-corrected chi connectivity index (χ1v) is 7.97. The minimum atomic E-state index is 0.878. The summed E-state index contributed by atoms with van der Waals surface area (Å²) in [6, 6.07) is 8.79. The molecule has 3 nitrogen and oxygen atoms in total. The van der Waals surface area contributed by atoms with Crippen LogP contribution in [0.15, 0.2) is 30.6 Å². The summed E-state index contributed by atoms with van der Waals surface area (Å²) >= 11 is 0. The third-order valence-electron chi connectivity index (χ3n) is 3.56. The first-order valence-electron chi connectivity index (χ1n) is 7.97. The molecular weight excluding hydrogens is 258 g/mol. The van der Waals surface area contributed by atoms with Crippen molar-refractivity contribution in [2.45, 2.75) is 46.5 Å². The summed E-state index contributed by atoms with van der Waals surface area (Å²) in [7, 11) is 0. The van der Waals surface area contributed by atoms with Gasteiger partial charge in [0.25, 0.3) is 0 Å². The predicted molar refractivity (Wildman–Crippen MR) is 89.6 cm³/mol. The molecule has 0 saturated carbocycles. The highest BCUT2D eigenvalue weighted by Gasteiger charge is 2.12. The first kappa shape index (κ1) is 15.5. The van der Waals surface area contributed by atoms with Crippen LogP contribution in [0.25, 0.3) is 11.3 Å². The van der Waals surface area contributed by atoms with Crippen LogP contribution in [0.2, 0.25) is 0 Å². The summed E-state index contributed by atoms with van der Waals surface area (Å²) in [4.78, 5) is 8.93. The van der Waals surface area contributed by atoms with E-state index >= 15 is 0 Å². The van der Waals surface area contributed by atoms with Crippen LogP contribution < -0.4 is 5.32 Å². The maximum atomic E-state index is 4.53. The summed E-state index contributed by atoms with van der Waals surface area (Å²) in [5, 5.41) is 3.35. The lowest BCUT2D eigenvalue weighted by Gasteiger charge is -2.13. The van der Waals surface area contributed by atoms with E-state index in [1.54, 1.807) is 6.33 Å². The van der Waals surface area contributed by atoms with Crippen LogP contribution in [0.4, 0.5) is 5.82 Å². The molecule has 0 radical (unpaired) electrons. The number of nitrogens with zero attached hydrogens (tertiary/aromatic N) is 2. The number of aromatic nitrogens is 2. The molecule has 0 amide bonds. The summed E-state index contributed by atoms with van der Waals surface area (Å²) in [5.41, 5.74) is 4.86. The number of benzene rings is 1. The van der Waals surface area contributed by atoms with Gasteiger partial charge in [-0.2, -0.15) is 0 Å². The average molecular weight is 283 g/mol. The van der Waals surface area contributed by atoms with Gasteiger partial charge < -0.3 is 5.32 Å². The minimum Gasteiger partial charge on any atom is -0.370 e. The Labute approximate surface area is 127 Å². The van der Waals surface area contributed by atoms with Crippen LogP contribution in [0.3, 0.4) is 0 Å². The summed E-state index contributed by atoms with van der Waals surface area (Å²) in [6.45, 7) is 7.37. The highest BCUT2D eigenvalue weighted by atomic mass is 15.0. The highest BCUT2D eigenvalue weighted by molar-refractivity contribution is 5.68. The van der Waals surface area contributed by atoms with Gasteiger partial charge in [-0.05, 0) is 25.3 Å². The van der Waals surface area contributed by atoms with Gasteiger partial charge in [-0.15, -0.1) is 0 Å². The Morgan fingerprint density at radius 2 is 1.62 bits per heavy atom. The van der Waals surface area contributed by atoms with Crippen LogP contribution in [-0.2, 0) is 12.8 Å². The second-order valence-electron chi connectivity index (χ2n) is 5.28. The number of anilines is 1. The molecule has 0 bridgehead atoms. The molecule has 0 fully saturated rings. The zero-order valence-corrected chi connectivity index (χ0v) is 13.3. The third kappa shape index (κ3) is 3.81. The molecule has 1 aromatic heterocycles. The molecule has 0 unspecified atom stereocenters. The van der Waals surface area contributed by atoms with Crippen molar-refractivity contribution in [3.05, 3.63) is 41.7 Å². The molecule has 0 saturated heterocycles. The standard InChI is InChI=1S/C18H25N3/c1-4-7-14-9-11-15(12-10-14)17-16(8-5-2)18(19-6-3)21-13-20-17/h9-13H,4-8H2,1-3H3,(H,19,20,21). The van der Waals surface area contributed by atoms with Crippen molar-refractivity contribution >= 4 is 5.82 Å². The monoisotopic (exact) mass is 283 g/mol. The lowest BCUT2D eigenvalue weighted by Crippen LogP contribution is -2.06. The van der Waals surface area contributed by atoms with E-state index in [0.29, 0.717) is 0 Å². The lowest BCUT2D eigenvalue weighted by molar-refractivity contribution is 0.901. The van der Waals surface area contributed by atoms with Crippen molar-refractivity contribution in [3.8, 4) is 11.3 Å². The van der Waals surface area contributed by atoms with E-state index in [1.165, 1.54) is 23.1 Å². The molecule has 1 aromatic carbocycles. The van der Waals surface area contributed by atoms with Crippen LogP contribution in [0, 0.1) is 0 Å². The van der Waals surface area contributed by atoms with Crippen molar-refractivity contribution in [2.24, 2.45) is 0 Å². The minimum absolute atomic E-state index is 0.878. The van der Waals surface area contributed by atoms with Crippen molar-refractivity contribution in [3.63, 3.8) is 0 Å². The van der Waals surface area contributed by atoms with Gasteiger partial charge in [-0.1, -0.05) is 51.0 Å². The Morgan fingerprint density at radius 3 is 2.24 bits per heavy atom. The number of rotatable bonds is 7. The Hall–Kier alpha value is -1.90. The molecule has 0 spiro atoms. The van der Waals surface area contributed by atoms with E-state index < -0.39 is 0 Å². The highest BCUT2D eigenvalue weighted by Crippen LogP contribution is 2.27. The Morgan fingerprint density at radius 1 is 0.905 bits per heavy atom. The van der Waals surface area contributed by atoms with Gasteiger partial charge in [0.15, 0.2) is 0 Å². The van der Waals surface area contributed by atoms with Crippen LogP contribution in [0.1, 0.15) is 44.7 Å². The fourth-order valence-corrected chi connectivity index (χ4v) is 2.59. The second kappa shape index (κ2) is 7.77. The largest absolute Gasteiger partial charge is 0.370 e. The van der Waals surface area contributed by atoms with Gasteiger partial charge in [0.05, 0.1) is 5.69 Å². The van der Waals surface area contributed by atoms with Crippen molar-refractivity contribution in [2.75, 3.05) is 11.9 Å². The fourth-order valence-electron chi connectivity index (χ4n) is 2.59. The van der Waals surface area contributed by atoms with Gasteiger partial charge in [0.1, 0.15) is 12.1 Å². The summed E-state index contributed by atoms with van der Waals surface area (Å²) in [5.74, 6) is 0.974. The summed E-state index contributed by atoms with van der Waals surface area (Å²) < 4.78 is 0. The molecule has 0 atom stereocenters. The molecular formula is C18H25N3. The molecule has 21 heavy (non-hydrogen) atoms.